The van der Waals surface area contributed by atoms with Gasteiger partial charge in [0, 0.05) is 16.6 Å². The Labute approximate surface area is 96.4 Å². The highest BCUT2D eigenvalue weighted by atomic mass is 32.1. The van der Waals surface area contributed by atoms with Gasteiger partial charge in [-0.2, -0.15) is 0 Å². The Kier molecular flexibility index (Phi) is 2.87. The molecule has 16 heavy (non-hydrogen) atoms. The summed E-state index contributed by atoms with van der Waals surface area (Å²) in [5, 5.41) is 11.2. The van der Waals surface area contributed by atoms with Crippen molar-refractivity contribution in [1.29, 1.82) is 0 Å². The Balaban J connectivity index is 2.28. The average molecular weight is 234 g/mol. The average Bonchev–Trinajstić information content (AvgIpc) is 2.65. The van der Waals surface area contributed by atoms with Crippen molar-refractivity contribution in [3.05, 3.63) is 35.3 Å². The Morgan fingerprint density at radius 1 is 1.50 bits per heavy atom. The number of nitrogens with two attached hydrogens (primary N) is 1. The summed E-state index contributed by atoms with van der Waals surface area (Å²) in [6.07, 6.45) is -0.0428. The highest BCUT2D eigenvalue weighted by molar-refractivity contribution is 7.13. The number of carbonyl (C=O) groups is 1. The molecule has 0 radical (unpaired) electrons. The lowest BCUT2D eigenvalue weighted by atomic mass is 10.2. The van der Waals surface area contributed by atoms with Crippen LogP contribution >= 0.6 is 11.3 Å². The Morgan fingerprint density at radius 2 is 2.31 bits per heavy atom. The molecule has 0 saturated carbocycles. The Morgan fingerprint density at radius 3 is 3.00 bits per heavy atom. The zero-order valence-corrected chi connectivity index (χ0v) is 9.20. The van der Waals surface area contributed by atoms with Gasteiger partial charge in [0.15, 0.2) is 0 Å². The first-order valence-electron chi connectivity index (χ1n) is 4.67. The smallest absolute Gasteiger partial charge is 0.309 e. The fraction of sp³-hybridized carbons (Fsp3) is 0.0909. The molecule has 0 aliphatic rings. The standard InChI is InChI=1S/C11H10N2O2S/c12-8-3-1-2-7(4-8)11-13-9(6-16-11)5-10(14)15/h1-4,6H,5,12H2,(H,14,15). The molecule has 1 heterocycles. The van der Waals surface area contributed by atoms with Crippen molar-refractivity contribution in [2.45, 2.75) is 6.42 Å². The summed E-state index contributed by atoms with van der Waals surface area (Å²) in [5.41, 5.74) is 7.84. The summed E-state index contributed by atoms with van der Waals surface area (Å²) in [5.74, 6) is -0.871. The first-order chi connectivity index (χ1) is 7.65. The van der Waals surface area contributed by atoms with Crippen molar-refractivity contribution in [3.8, 4) is 10.6 Å². The van der Waals surface area contributed by atoms with Crippen molar-refractivity contribution >= 4 is 23.0 Å². The normalized spacial score (nSPS) is 10.2. The molecule has 0 saturated heterocycles. The molecule has 1 aromatic carbocycles. The fourth-order valence-electron chi connectivity index (χ4n) is 1.35. The van der Waals surface area contributed by atoms with E-state index >= 15 is 0 Å². The topological polar surface area (TPSA) is 76.2 Å². The van der Waals surface area contributed by atoms with E-state index in [9.17, 15) is 4.79 Å². The number of aromatic nitrogens is 1. The summed E-state index contributed by atoms with van der Waals surface area (Å²) >= 11 is 1.42. The van der Waals surface area contributed by atoms with Crippen LogP contribution in [0.25, 0.3) is 10.6 Å². The van der Waals surface area contributed by atoms with Crippen LogP contribution in [0, 0.1) is 0 Å². The lowest BCUT2D eigenvalue weighted by molar-refractivity contribution is -0.136. The quantitative estimate of drug-likeness (QED) is 0.796. The second-order valence-corrected chi connectivity index (χ2v) is 4.20. The van der Waals surface area contributed by atoms with E-state index in [1.165, 1.54) is 11.3 Å². The minimum Gasteiger partial charge on any atom is -0.481 e. The lowest BCUT2D eigenvalue weighted by Gasteiger charge is -1.97. The Bertz CT molecular complexity index is 522. The van der Waals surface area contributed by atoms with Gasteiger partial charge in [0.05, 0.1) is 12.1 Å². The largest absolute Gasteiger partial charge is 0.481 e. The first kappa shape index (κ1) is 10.6. The number of hydrogen-bond donors (Lipinski definition) is 2. The number of benzene rings is 1. The molecule has 0 fully saturated rings. The van der Waals surface area contributed by atoms with E-state index in [0.29, 0.717) is 11.4 Å². The summed E-state index contributed by atoms with van der Waals surface area (Å²) < 4.78 is 0. The molecule has 2 rings (SSSR count). The van der Waals surface area contributed by atoms with Gasteiger partial charge < -0.3 is 10.8 Å². The molecular formula is C11H10N2O2S. The molecule has 0 atom stereocenters. The second kappa shape index (κ2) is 4.32. The van der Waals surface area contributed by atoms with Gasteiger partial charge in [-0.3, -0.25) is 4.79 Å². The van der Waals surface area contributed by atoms with Crippen molar-refractivity contribution in [2.24, 2.45) is 0 Å². The number of anilines is 1. The van der Waals surface area contributed by atoms with Crippen LogP contribution in [0.4, 0.5) is 5.69 Å². The van der Waals surface area contributed by atoms with Gasteiger partial charge in [-0.05, 0) is 12.1 Å². The van der Waals surface area contributed by atoms with E-state index in [1.807, 2.05) is 18.2 Å². The van der Waals surface area contributed by atoms with Crippen molar-refractivity contribution in [2.75, 3.05) is 5.73 Å². The molecule has 0 bridgehead atoms. The van der Waals surface area contributed by atoms with Crippen molar-refractivity contribution < 1.29 is 9.90 Å². The molecule has 0 aliphatic heterocycles. The van der Waals surface area contributed by atoms with Gasteiger partial charge >= 0.3 is 5.97 Å². The number of aliphatic carboxylic acids is 1. The fourth-order valence-corrected chi connectivity index (χ4v) is 2.16. The number of nitrogens with zero attached hydrogens (tertiary/aromatic N) is 1. The molecule has 2 aromatic rings. The highest BCUT2D eigenvalue weighted by Gasteiger charge is 2.07. The van der Waals surface area contributed by atoms with E-state index in [1.54, 1.807) is 11.4 Å². The summed E-state index contributed by atoms with van der Waals surface area (Å²) in [4.78, 5) is 14.8. The molecular weight excluding hydrogens is 224 g/mol. The molecule has 4 nitrogen and oxygen atoms in total. The third kappa shape index (κ3) is 2.38. The Hall–Kier alpha value is -1.88. The van der Waals surface area contributed by atoms with E-state index in [4.69, 9.17) is 10.8 Å². The summed E-state index contributed by atoms with van der Waals surface area (Å²) in [6, 6.07) is 7.38. The number of carboxylic acids is 1. The van der Waals surface area contributed by atoms with Gasteiger partial charge in [0.1, 0.15) is 5.01 Å². The van der Waals surface area contributed by atoms with Crippen LogP contribution in [0.15, 0.2) is 29.6 Å². The number of thiazole rings is 1. The van der Waals surface area contributed by atoms with Gasteiger partial charge in [0.25, 0.3) is 0 Å². The zero-order chi connectivity index (χ0) is 11.5. The van der Waals surface area contributed by atoms with Crippen LogP contribution in [0.3, 0.4) is 0 Å². The highest BCUT2D eigenvalue weighted by Crippen LogP contribution is 2.25. The molecule has 3 N–H and O–H groups in total. The zero-order valence-electron chi connectivity index (χ0n) is 8.38. The second-order valence-electron chi connectivity index (χ2n) is 3.34. The molecule has 0 unspecified atom stereocenters. The maximum Gasteiger partial charge on any atom is 0.309 e. The molecule has 1 aromatic heterocycles. The third-order valence-corrected chi connectivity index (χ3v) is 2.96. The van der Waals surface area contributed by atoms with Crippen LogP contribution in [0.1, 0.15) is 5.69 Å². The monoisotopic (exact) mass is 234 g/mol. The lowest BCUT2D eigenvalue weighted by Crippen LogP contribution is -1.99. The number of rotatable bonds is 3. The summed E-state index contributed by atoms with van der Waals surface area (Å²) in [7, 11) is 0. The van der Waals surface area contributed by atoms with Gasteiger partial charge in [-0.25, -0.2) is 4.98 Å². The minimum atomic E-state index is -0.871. The van der Waals surface area contributed by atoms with Crippen LogP contribution in [-0.2, 0) is 11.2 Å². The van der Waals surface area contributed by atoms with E-state index in [2.05, 4.69) is 4.98 Å². The van der Waals surface area contributed by atoms with Gasteiger partial charge in [-0.1, -0.05) is 12.1 Å². The molecule has 0 aliphatic carbocycles. The maximum absolute atomic E-state index is 10.5. The SMILES string of the molecule is Nc1cccc(-c2nc(CC(=O)O)cs2)c1. The van der Waals surface area contributed by atoms with E-state index < -0.39 is 5.97 Å². The van der Waals surface area contributed by atoms with Gasteiger partial charge in [0.2, 0.25) is 0 Å². The number of hydrogen-bond acceptors (Lipinski definition) is 4. The van der Waals surface area contributed by atoms with E-state index in [-0.39, 0.29) is 6.42 Å². The van der Waals surface area contributed by atoms with Crippen molar-refractivity contribution in [3.63, 3.8) is 0 Å². The van der Waals surface area contributed by atoms with Crippen LogP contribution in [-0.4, -0.2) is 16.1 Å². The third-order valence-electron chi connectivity index (χ3n) is 2.02. The number of carboxylic acid groups (broad SMARTS) is 1. The number of nitrogen functional groups attached to an aromatic ring is 1. The minimum absolute atomic E-state index is 0.0428. The molecule has 5 heteroatoms. The van der Waals surface area contributed by atoms with Crippen LogP contribution < -0.4 is 5.73 Å². The first-order valence-corrected chi connectivity index (χ1v) is 5.55. The van der Waals surface area contributed by atoms with Crippen LogP contribution in [0.2, 0.25) is 0 Å². The molecule has 0 amide bonds. The molecule has 82 valence electrons. The van der Waals surface area contributed by atoms with Crippen LogP contribution in [0.5, 0.6) is 0 Å². The predicted octanol–water partition coefficient (Wildman–Crippen LogP) is 2.02. The maximum atomic E-state index is 10.5. The predicted molar refractivity (Wildman–Crippen MR) is 63.3 cm³/mol. The van der Waals surface area contributed by atoms with Gasteiger partial charge in [-0.15, -0.1) is 11.3 Å². The summed E-state index contributed by atoms with van der Waals surface area (Å²) in [6.45, 7) is 0. The van der Waals surface area contributed by atoms with Crippen molar-refractivity contribution in [1.82, 2.24) is 4.98 Å². The van der Waals surface area contributed by atoms with E-state index in [0.717, 1.165) is 10.6 Å². The molecule has 0 spiro atoms.